The summed E-state index contributed by atoms with van der Waals surface area (Å²) in [4.78, 5) is 21.1. The molecule has 2 aliphatic rings. The van der Waals surface area contributed by atoms with Crippen molar-refractivity contribution >= 4 is 23.5 Å². The van der Waals surface area contributed by atoms with E-state index in [-0.39, 0.29) is 11.8 Å². The molecule has 3 heterocycles. The summed E-state index contributed by atoms with van der Waals surface area (Å²) in [6, 6.07) is 7.87. The first-order chi connectivity index (χ1) is 12.7. The molecule has 26 heavy (non-hydrogen) atoms. The first kappa shape index (κ1) is 17.3. The maximum absolute atomic E-state index is 12.6. The Labute approximate surface area is 156 Å². The van der Waals surface area contributed by atoms with Gasteiger partial charge in [0.15, 0.2) is 0 Å². The van der Waals surface area contributed by atoms with E-state index in [0.29, 0.717) is 43.2 Å². The van der Waals surface area contributed by atoms with Crippen LogP contribution in [-0.2, 0) is 9.53 Å². The Kier molecular flexibility index (Phi) is 5.08. The molecule has 8 heteroatoms. The van der Waals surface area contributed by atoms with Crippen LogP contribution >= 0.6 is 11.6 Å². The number of carbonyl (C=O) groups is 1. The van der Waals surface area contributed by atoms with Gasteiger partial charge in [-0.1, -0.05) is 28.9 Å². The second-order valence-electron chi connectivity index (χ2n) is 6.61. The van der Waals surface area contributed by atoms with E-state index in [9.17, 15) is 4.79 Å². The SMILES string of the molecule is O=C(C1CCN(c2nc(-c3cccc(Cl)c3)no2)CC1)N1CCOCC1. The van der Waals surface area contributed by atoms with E-state index in [1.165, 1.54) is 0 Å². The minimum Gasteiger partial charge on any atom is -0.378 e. The van der Waals surface area contributed by atoms with Crippen LogP contribution in [-0.4, -0.2) is 60.3 Å². The Balaban J connectivity index is 1.37. The number of rotatable bonds is 3. The largest absolute Gasteiger partial charge is 0.378 e. The molecule has 138 valence electrons. The molecule has 0 bridgehead atoms. The van der Waals surface area contributed by atoms with Crippen LogP contribution in [0, 0.1) is 5.92 Å². The number of piperidine rings is 1. The van der Waals surface area contributed by atoms with Crippen molar-refractivity contribution in [1.82, 2.24) is 15.0 Å². The average Bonchev–Trinajstić information content (AvgIpc) is 3.18. The van der Waals surface area contributed by atoms with Gasteiger partial charge in [0.2, 0.25) is 11.7 Å². The maximum atomic E-state index is 12.6. The van der Waals surface area contributed by atoms with E-state index >= 15 is 0 Å². The number of amides is 1. The highest BCUT2D eigenvalue weighted by Gasteiger charge is 2.31. The molecule has 4 rings (SSSR count). The third kappa shape index (κ3) is 3.68. The molecule has 0 saturated carbocycles. The van der Waals surface area contributed by atoms with Gasteiger partial charge in [0, 0.05) is 42.7 Å². The van der Waals surface area contributed by atoms with Crippen LogP contribution in [0.1, 0.15) is 12.8 Å². The Morgan fingerprint density at radius 2 is 1.92 bits per heavy atom. The van der Waals surface area contributed by atoms with Crippen LogP contribution in [0.3, 0.4) is 0 Å². The molecule has 7 nitrogen and oxygen atoms in total. The zero-order valence-electron chi connectivity index (χ0n) is 14.4. The summed E-state index contributed by atoms with van der Waals surface area (Å²) in [5.74, 6) is 0.840. The van der Waals surface area contributed by atoms with Crippen LogP contribution < -0.4 is 4.90 Å². The fraction of sp³-hybridized carbons (Fsp3) is 0.500. The molecule has 0 atom stereocenters. The Bertz CT molecular complexity index is 767. The van der Waals surface area contributed by atoms with Crippen molar-refractivity contribution in [3.05, 3.63) is 29.3 Å². The van der Waals surface area contributed by atoms with Crippen molar-refractivity contribution in [2.24, 2.45) is 5.92 Å². The predicted molar refractivity (Wildman–Crippen MR) is 97.1 cm³/mol. The molecule has 0 unspecified atom stereocenters. The lowest BCUT2D eigenvalue weighted by molar-refractivity contribution is -0.140. The van der Waals surface area contributed by atoms with Crippen molar-refractivity contribution in [2.45, 2.75) is 12.8 Å². The quantitative estimate of drug-likeness (QED) is 0.819. The normalized spacial score (nSPS) is 19.0. The highest BCUT2D eigenvalue weighted by molar-refractivity contribution is 6.30. The lowest BCUT2D eigenvalue weighted by Crippen LogP contribution is -2.46. The van der Waals surface area contributed by atoms with E-state index in [2.05, 4.69) is 10.1 Å². The van der Waals surface area contributed by atoms with Crippen LogP contribution in [0.25, 0.3) is 11.4 Å². The first-order valence-corrected chi connectivity index (χ1v) is 9.29. The number of halogens is 1. The van der Waals surface area contributed by atoms with Crippen LogP contribution in [0.4, 0.5) is 6.01 Å². The molecule has 0 aliphatic carbocycles. The van der Waals surface area contributed by atoms with Crippen molar-refractivity contribution < 1.29 is 14.1 Å². The third-order valence-corrected chi connectivity index (χ3v) is 5.17. The molecule has 1 amide bonds. The van der Waals surface area contributed by atoms with Crippen molar-refractivity contribution in [3.8, 4) is 11.4 Å². The highest BCUT2D eigenvalue weighted by Crippen LogP contribution is 2.26. The zero-order chi connectivity index (χ0) is 17.9. The van der Waals surface area contributed by atoms with Crippen molar-refractivity contribution in [1.29, 1.82) is 0 Å². The summed E-state index contributed by atoms with van der Waals surface area (Å²) in [5.41, 5.74) is 0.824. The van der Waals surface area contributed by atoms with Gasteiger partial charge in [0.1, 0.15) is 0 Å². The van der Waals surface area contributed by atoms with Crippen molar-refractivity contribution in [2.75, 3.05) is 44.3 Å². The predicted octanol–water partition coefficient (Wildman–Crippen LogP) is 2.47. The molecular weight excluding hydrogens is 356 g/mol. The van der Waals surface area contributed by atoms with Gasteiger partial charge in [-0.2, -0.15) is 4.98 Å². The highest BCUT2D eigenvalue weighted by atomic mass is 35.5. The average molecular weight is 377 g/mol. The van der Waals surface area contributed by atoms with Gasteiger partial charge in [-0.15, -0.1) is 0 Å². The number of hydrogen-bond acceptors (Lipinski definition) is 6. The van der Waals surface area contributed by atoms with Gasteiger partial charge in [-0.05, 0) is 25.0 Å². The number of ether oxygens (including phenoxy) is 1. The van der Waals surface area contributed by atoms with E-state index in [4.69, 9.17) is 20.9 Å². The van der Waals surface area contributed by atoms with E-state index in [1.54, 1.807) is 0 Å². The molecule has 2 fully saturated rings. The zero-order valence-corrected chi connectivity index (χ0v) is 15.2. The maximum Gasteiger partial charge on any atom is 0.324 e. The number of carbonyl (C=O) groups excluding carboxylic acids is 1. The molecule has 2 aliphatic heterocycles. The summed E-state index contributed by atoms with van der Waals surface area (Å²) < 4.78 is 10.7. The summed E-state index contributed by atoms with van der Waals surface area (Å²) in [6.45, 7) is 4.14. The Hall–Kier alpha value is -2.12. The molecule has 2 saturated heterocycles. The first-order valence-electron chi connectivity index (χ1n) is 8.92. The lowest BCUT2D eigenvalue weighted by Gasteiger charge is -2.34. The number of anilines is 1. The smallest absolute Gasteiger partial charge is 0.324 e. The minimum absolute atomic E-state index is 0.0691. The summed E-state index contributed by atoms with van der Waals surface area (Å²) in [7, 11) is 0. The number of morpholine rings is 1. The molecule has 1 aromatic carbocycles. The lowest BCUT2D eigenvalue weighted by atomic mass is 9.95. The van der Waals surface area contributed by atoms with Crippen molar-refractivity contribution in [3.63, 3.8) is 0 Å². The Morgan fingerprint density at radius 3 is 2.65 bits per heavy atom. The van der Waals surface area contributed by atoms with Gasteiger partial charge in [0.05, 0.1) is 13.2 Å². The second-order valence-corrected chi connectivity index (χ2v) is 7.05. The monoisotopic (exact) mass is 376 g/mol. The summed E-state index contributed by atoms with van der Waals surface area (Å²) in [5, 5.41) is 4.69. The fourth-order valence-electron chi connectivity index (χ4n) is 3.45. The van der Waals surface area contributed by atoms with Crippen LogP contribution in [0.2, 0.25) is 5.02 Å². The van der Waals surface area contributed by atoms with Crippen LogP contribution in [0.15, 0.2) is 28.8 Å². The van der Waals surface area contributed by atoms with Gasteiger partial charge in [-0.25, -0.2) is 0 Å². The summed E-state index contributed by atoms with van der Waals surface area (Å²) >= 11 is 6.02. The molecular formula is C18H21ClN4O3. The molecule has 0 spiro atoms. The third-order valence-electron chi connectivity index (χ3n) is 4.94. The molecule has 0 N–H and O–H groups in total. The van der Waals surface area contributed by atoms with Gasteiger partial charge >= 0.3 is 6.01 Å². The van der Waals surface area contributed by atoms with Crippen LogP contribution in [0.5, 0.6) is 0 Å². The standard InChI is InChI=1S/C18H21ClN4O3/c19-15-3-1-2-14(12-15)16-20-18(26-21-16)23-6-4-13(5-7-23)17(24)22-8-10-25-11-9-22/h1-3,12-13H,4-11H2. The second kappa shape index (κ2) is 7.63. The van der Waals surface area contributed by atoms with Gasteiger partial charge in [0.25, 0.3) is 0 Å². The number of aromatic nitrogens is 2. The van der Waals surface area contributed by atoms with Gasteiger partial charge in [-0.3, -0.25) is 4.79 Å². The molecule has 1 aromatic heterocycles. The number of benzene rings is 1. The minimum atomic E-state index is 0.0691. The number of hydrogen-bond donors (Lipinski definition) is 0. The fourth-order valence-corrected chi connectivity index (χ4v) is 3.64. The van der Waals surface area contributed by atoms with Gasteiger partial charge < -0.3 is 19.1 Å². The molecule has 0 radical (unpaired) electrons. The molecule has 2 aromatic rings. The van der Waals surface area contributed by atoms with E-state index in [1.807, 2.05) is 34.1 Å². The van der Waals surface area contributed by atoms with E-state index in [0.717, 1.165) is 31.5 Å². The number of nitrogens with zero attached hydrogens (tertiary/aromatic N) is 4. The van der Waals surface area contributed by atoms with E-state index < -0.39 is 0 Å². The topological polar surface area (TPSA) is 71.7 Å². The Morgan fingerprint density at radius 1 is 1.15 bits per heavy atom. The summed E-state index contributed by atoms with van der Waals surface area (Å²) in [6.07, 6.45) is 1.59.